The zero-order valence-electron chi connectivity index (χ0n) is 10.5. The first-order chi connectivity index (χ1) is 7.15. The lowest BCUT2D eigenvalue weighted by Gasteiger charge is -2.47. The van der Waals surface area contributed by atoms with E-state index < -0.39 is 0 Å². The van der Waals surface area contributed by atoms with Gasteiger partial charge in [0.1, 0.15) is 0 Å². The fraction of sp³-hybridized carbons (Fsp3) is 0.857. The molecular formula is C14H24O. The summed E-state index contributed by atoms with van der Waals surface area (Å²) in [5.74, 6) is 2.97. The van der Waals surface area contributed by atoms with Crippen molar-refractivity contribution in [2.75, 3.05) is 6.61 Å². The summed E-state index contributed by atoms with van der Waals surface area (Å²) >= 11 is 0. The lowest BCUT2D eigenvalue weighted by atomic mass is 9.65. The molecule has 0 radical (unpaired) electrons. The van der Waals surface area contributed by atoms with Crippen LogP contribution in [-0.4, -0.2) is 12.7 Å². The van der Waals surface area contributed by atoms with Crippen molar-refractivity contribution in [1.29, 1.82) is 0 Å². The van der Waals surface area contributed by atoms with E-state index in [0.717, 1.165) is 18.4 Å². The quantitative estimate of drug-likeness (QED) is 0.629. The Morgan fingerprint density at radius 3 is 2.80 bits per heavy atom. The molecule has 0 saturated carbocycles. The summed E-state index contributed by atoms with van der Waals surface area (Å²) in [7, 11) is 0. The minimum atomic E-state index is 0.491. The van der Waals surface area contributed by atoms with Crippen LogP contribution in [0.2, 0.25) is 0 Å². The molecule has 1 nitrogen and oxygen atoms in total. The van der Waals surface area contributed by atoms with Crippen LogP contribution in [0.1, 0.15) is 40.5 Å². The van der Waals surface area contributed by atoms with E-state index in [9.17, 15) is 0 Å². The van der Waals surface area contributed by atoms with E-state index in [1.54, 1.807) is 5.57 Å². The van der Waals surface area contributed by atoms with Gasteiger partial charge in [-0.1, -0.05) is 38.8 Å². The van der Waals surface area contributed by atoms with Crippen LogP contribution in [0.5, 0.6) is 0 Å². The maximum atomic E-state index is 6.06. The third-order valence-corrected chi connectivity index (χ3v) is 4.45. The number of hydrogen-bond donors (Lipinski definition) is 0. The lowest BCUT2D eigenvalue weighted by Crippen LogP contribution is -2.46. The van der Waals surface area contributed by atoms with E-state index >= 15 is 0 Å². The molecule has 86 valence electrons. The summed E-state index contributed by atoms with van der Waals surface area (Å²) in [4.78, 5) is 0. The van der Waals surface area contributed by atoms with Crippen molar-refractivity contribution in [3.8, 4) is 0 Å². The SMILES string of the molecule is CCC[C@@H]1OC[C@@H]2[C@H](C)[C@@H]1C(C)=C[C@@H]2C. The molecule has 1 heteroatoms. The summed E-state index contributed by atoms with van der Waals surface area (Å²) in [6.45, 7) is 10.3. The van der Waals surface area contributed by atoms with Crippen LogP contribution in [0, 0.1) is 23.7 Å². The van der Waals surface area contributed by atoms with Gasteiger partial charge < -0.3 is 4.74 Å². The predicted molar refractivity (Wildman–Crippen MR) is 63.7 cm³/mol. The minimum Gasteiger partial charge on any atom is -0.377 e. The summed E-state index contributed by atoms with van der Waals surface area (Å²) < 4.78 is 6.06. The Morgan fingerprint density at radius 1 is 1.40 bits per heavy atom. The number of rotatable bonds is 2. The Hall–Kier alpha value is -0.300. The molecule has 0 spiro atoms. The Kier molecular flexibility index (Phi) is 3.20. The molecule has 5 atom stereocenters. The van der Waals surface area contributed by atoms with Crippen LogP contribution in [-0.2, 0) is 4.74 Å². The topological polar surface area (TPSA) is 9.23 Å². The highest BCUT2D eigenvalue weighted by molar-refractivity contribution is 5.16. The van der Waals surface area contributed by atoms with Crippen LogP contribution in [0.3, 0.4) is 0 Å². The Morgan fingerprint density at radius 2 is 2.13 bits per heavy atom. The molecular weight excluding hydrogens is 184 g/mol. The van der Waals surface area contributed by atoms with Gasteiger partial charge in [0.25, 0.3) is 0 Å². The molecule has 1 heterocycles. The maximum Gasteiger partial charge on any atom is 0.0642 e. The third kappa shape index (κ3) is 1.87. The van der Waals surface area contributed by atoms with Crippen LogP contribution in [0.4, 0.5) is 0 Å². The van der Waals surface area contributed by atoms with Crippen molar-refractivity contribution in [3.05, 3.63) is 11.6 Å². The van der Waals surface area contributed by atoms with E-state index in [1.165, 1.54) is 12.8 Å². The van der Waals surface area contributed by atoms with Crippen LogP contribution >= 0.6 is 0 Å². The van der Waals surface area contributed by atoms with Gasteiger partial charge in [0.15, 0.2) is 0 Å². The first-order valence-corrected chi connectivity index (χ1v) is 6.45. The second-order valence-electron chi connectivity index (χ2n) is 5.48. The van der Waals surface area contributed by atoms with Crippen molar-refractivity contribution in [3.63, 3.8) is 0 Å². The van der Waals surface area contributed by atoms with Gasteiger partial charge in [-0.05, 0) is 31.1 Å². The fourth-order valence-corrected chi connectivity index (χ4v) is 3.63. The van der Waals surface area contributed by atoms with Crippen molar-refractivity contribution in [1.82, 2.24) is 0 Å². The van der Waals surface area contributed by atoms with Gasteiger partial charge in [0.2, 0.25) is 0 Å². The average molecular weight is 208 g/mol. The number of fused-ring (bicyclic) bond motifs is 2. The summed E-state index contributed by atoms with van der Waals surface area (Å²) in [6, 6.07) is 0. The second-order valence-corrected chi connectivity index (χ2v) is 5.48. The van der Waals surface area contributed by atoms with Gasteiger partial charge in [-0.3, -0.25) is 0 Å². The highest BCUT2D eigenvalue weighted by atomic mass is 16.5. The van der Waals surface area contributed by atoms with Gasteiger partial charge >= 0.3 is 0 Å². The Bertz CT molecular complexity index is 256. The molecule has 0 aromatic carbocycles. The lowest BCUT2D eigenvalue weighted by molar-refractivity contribution is -0.0939. The first kappa shape index (κ1) is 11.2. The van der Waals surface area contributed by atoms with Gasteiger partial charge in [-0.25, -0.2) is 0 Å². The molecule has 2 aliphatic rings. The number of hydrogen-bond acceptors (Lipinski definition) is 1. The van der Waals surface area contributed by atoms with Crippen molar-refractivity contribution in [2.24, 2.45) is 23.7 Å². The van der Waals surface area contributed by atoms with E-state index in [2.05, 4.69) is 33.8 Å². The normalized spacial score (nSPS) is 45.1. The monoisotopic (exact) mass is 208 g/mol. The van der Waals surface area contributed by atoms with E-state index in [-0.39, 0.29) is 0 Å². The maximum absolute atomic E-state index is 6.06. The van der Waals surface area contributed by atoms with Crippen molar-refractivity contribution >= 4 is 0 Å². The zero-order chi connectivity index (χ0) is 11.0. The molecule has 2 rings (SSSR count). The van der Waals surface area contributed by atoms with Gasteiger partial charge in [0, 0.05) is 5.92 Å². The molecule has 0 unspecified atom stereocenters. The molecule has 0 amide bonds. The first-order valence-electron chi connectivity index (χ1n) is 6.45. The van der Waals surface area contributed by atoms with E-state index in [1.807, 2.05) is 0 Å². The Balaban J connectivity index is 2.22. The van der Waals surface area contributed by atoms with E-state index in [0.29, 0.717) is 17.9 Å². The average Bonchev–Trinajstić information content (AvgIpc) is 2.15. The fourth-order valence-electron chi connectivity index (χ4n) is 3.63. The second kappa shape index (κ2) is 4.29. The zero-order valence-corrected chi connectivity index (χ0v) is 10.5. The molecule has 1 fully saturated rings. The molecule has 1 saturated heterocycles. The number of allylic oxidation sites excluding steroid dienone is 1. The van der Waals surface area contributed by atoms with Gasteiger partial charge in [-0.15, -0.1) is 0 Å². The molecule has 1 aliphatic carbocycles. The summed E-state index contributed by atoms with van der Waals surface area (Å²) in [6.07, 6.45) is 5.44. The molecule has 0 aromatic heterocycles. The predicted octanol–water partition coefficient (Wildman–Crippen LogP) is 3.65. The van der Waals surface area contributed by atoms with Crippen LogP contribution in [0.15, 0.2) is 11.6 Å². The molecule has 0 aromatic rings. The Labute approximate surface area is 93.9 Å². The highest BCUT2D eigenvalue weighted by Crippen LogP contribution is 2.45. The molecule has 1 aliphatic heterocycles. The van der Waals surface area contributed by atoms with Crippen molar-refractivity contribution < 1.29 is 4.74 Å². The van der Waals surface area contributed by atoms with Crippen LogP contribution in [0.25, 0.3) is 0 Å². The summed E-state index contributed by atoms with van der Waals surface area (Å²) in [5.41, 5.74) is 1.57. The smallest absolute Gasteiger partial charge is 0.0642 e. The van der Waals surface area contributed by atoms with Crippen molar-refractivity contribution in [2.45, 2.75) is 46.6 Å². The molecule has 15 heavy (non-hydrogen) atoms. The minimum absolute atomic E-state index is 0.491. The summed E-state index contributed by atoms with van der Waals surface area (Å²) in [5, 5.41) is 0. The van der Waals surface area contributed by atoms with E-state index in [4.69, 9.17) is 4.74 Å². The van der Waals surface area contributed by atoms with Crippen LogP contribution < -0.4 is 0 Å². The standard InChI is InChI=1S/C14H24O/c1-5-6-13-14-10(3)7-9(2)12(8-15-13)11(14)4/h7,9,11-14H,5-6,8H2,1-4H3/t9-,11-,12-,13-,14-/m0/s1. The third-order valence-electron chi connectivity index (χ3n) is 4.45. The van der Waals surface area contributed by atoms with Gasteiger partial charge in [-0.2, -0.15) is 0 Å². The molecule has 0 N–H and O–H groups in total. The number of ether oxygens (including phenoxy) is 1. The molecule has 2 bridgehead atoms. The van der Waals surface area contributed by atoms with Gasteiger partial charge in [0.05, 0.1) is 12.7 Å². The highest BCUT2D eigenvalue weighted by Gasteiger charge is 2.42. The largest absolute Gasteiger partial charge is 0.377 e.